The number of ketones is 1. The van der Waals surface area contributed by atoms with Gasteiger partial charge in [0.2, 0.25) is 0 Å². The zero-order valence-electron chi connectivity index (χ0n) is 16.2. The molecule has 0 spiro atoms. The molecule has 30 heavy (non-hydrogen) atoms. The fourth-order valence-corrected chi connectivity index (χ4v) is 4.04. The standard InChI is InChI=1S/C22H19ClF3NO3/c1-29-20-12-17-13(11-19(20)27-4-6-30-7-5-27)8-15(21(17)28)9-14-10-16(23)2-3-18(14)22(24,25)26/h2-3,9-12H,4-8H2,1H3/b15-9+. The van der Waals surface area contributed by atoms with Crippen LogP contribution in [0.15, 0.2) is 35.9 Å². The number of Topliss-reactive ketones (excluding diaryl/α,β-unsaturated/α-hetero) is 1. The highest BCUT2D eigenvalue weighted by Gasteiger charge is 2.34. The Kier molecular flexibility index (Phi) is 5.51. The summed E-state index contributed by atoms with van der Waals surface area (Å²) in [5.74, 6) is 0.258. The fourth-order valence-electron chi connectivity index (χ4n) is 3.86. The molecule has 4 rings (SSSR count). The van der Waals surface area contributed by atoms with Crippen molar-refractivity contribution in [1.29, 1.82) is 0 Å². The lowest BCUT2D eigenvalue weighted by atomic mass is 10.0. The molecule has 0 radical (unpaired) electrons. The van der Waals surface area contributed by atoms with Gasteiger partial charge in [0.1, 0.15) is 5.75 Å². The lowest BCUT2D eigenvalue weighted by Crippen LogP contribution is -2.36. The summed E-state index contributed by atoms with van der Waals surface area (Å²) in [6.45, 7) is 2.59. The first kappa shape index (κ1) is 20.8. The molecule has 1 aliphatic carbocycles. The van der Waals surface area contributed by atoms with Gasteiger partial charge in [0.05, 0.1) is 31.6 Å². The molecular weight excluding hydrogens is 419 g/mol. The molecule has 0 unspecified atom stereocenters. The van der Waals surface area contributed by atoms with Crippen molar-refractivity contribution in [3.05, 3.63) is 63.2 Å². The van der Waals surface area contributed by atoms with E-state index >= 15 is 0 Å². The second-order valence-corrected chi connectivity index (χ2v) is 7.62. The van der Waals surface area contributed by atoms with Gasteiger partial charge in [-0.2, -0.15) is 13.2 Å². The number of nitrogens with zero attached hydrogens (tertiary/aromatic N) is 1. The van der Waals surface area contributed by atoms with Crippen LogP contribution in [0.1, 0.15) is 27.0 Å². The van der Waals surface area contributed by atoms with Crippen molar-refractivity contribution in [2.45, 2.75) is 12.6 Å². The minimum absolute atomic E-state index is 0.119. The van der Waals surface area contributed by atoms with Gasteiger partial charge in [-0.15, -0.1) is 0 Å². The Hall–Kier alpha value is -2.51. The van der Waals surface area contributed by atoms with Crippen LogP contribution in [0, 0.1) is 0 Å². The average molecular weight is 438 g/mol. The summed E-state index contributed by atoms with van der Waals surface area (Å²) in [6, 6.07) is 6.91. The Morgan fingerprint density at radius 1 is 1.17 bits per heavy atom. The molecule has 0 saturated carbocycles. The molecule has 2 aliphatic rings. The number of carbonyl (C=O) groups is 1. The van der Waals surface area contributed by atoms with Crippen LogP contribution >= 0.6 is 11.6 Å². The molecular formula is C22H19ClF3NO3. The minimum Gasteiger partial charge on any atom is -0.495 e. The predicted molar refractivity (Wildman–Crippen MR) is 108 cm³/mol. The van der Waals surface area contributed by atoms with E-state index in [1.807, 2.05) is 6.07 Å². The third-order valence-corrected chi connectivity index (χ3v) is 5.56. The van der Waals surface area contributed by atoms with Gasteiger partial charge in [-0.25, -0.2) is 0 Å². The lowest BCUT2D eigenvalue weighted by molar-refractivity contribution is -0.137. The van der Waals surface area contributed by atoms with Crippen molar-refractivity contribution in [2.75, 3.05) is 38.3 Å². The second-order valence-electron chi connectivity index (χ2n) is 7.19. The van der Waals surface area contributed by atoms with Gasteiger partial charge in [0.25, 0.3) is 0 Å². The number of carbonyl (C=O) groups excluding carboxylic acids is 1. The minimum atomic E-state index is -4.54. The number of benzene rings is 2. The van der Waals surface area contributed by atoms with Gasteiger partial charge in [0.15, 0.2) is 5.78 Å². The molecule has 0 N–H and O–H groups in total. The molecule has 4 nitrogen and oxygen atoms in total. The number of allylic oxidation sites excluding steroid dienone is 1. The van der Waals surface area contributed by atoms with Crippen molar-refractivity contribution in [2.24, 2.45) is 0 Å². The van der Waals surface area contributed by atoms with E-state index in [0.717, 1.165) is 17.3 Å². The normalized spacial score (nSPS) is 18.1. The summed E-state index contributed by atoms with van der Waals surface area (Å²) in [5, 5.41) is 0.175. The largest absolute Gasteiger partial charge is 0.495 e. The van der Waals surface area contributed by atoms with Gasteiger partial charge in [0, 0.05) is 35.7 Å². The van der Waals surface area contributed by atoms with E-state index < -0.39 is 11.7 Å². The molecule has 0 atom stereocenters. The summed E-state index contributed by atoms with van der Waals surface area (Å²) in [4.78, 5) is 15.0. The van der Waals surface area contributed by atoms with Crippen LogP contribution < -0.4 is 9.64 Å². The van der Waals surface area contributed by atoms with E-state index in [-0.39, 0.29) is 22.8 Å². The molecule has 2 aromatic carbocycles. The van der Waals surface area contributed by atoms with Gasteiger partial charge >= 0.3 is 6.18 Å². The van der Waals surface area contributed by atoms with Crippen LogP contribution in [0.4, 0.5) is 18.9 Å². The maximum Gasteiger partial charge on any atom is 0.416 e. The number of hydrogen-bond acceptors (Lipinski definition) is 4. The number of hydrogen-bond donors (Lipinski definition) is 0. The highest BCUT2D eigenvalue weighted by Crippen LogP contribution is 2.39. The van der Waals surface area contributed by atoms with Crippen molar-refractivity contribution in [3.8, 4) is 5.75 Å². The number of anilines is 1. The SMILES string of the molecule is COc1cc2c(cc1N1CCOCC1)C/C(=C\c1cc(Cl)ccc1C(F)(F)F)C2=O. The summed E-state index contributed by atoms with van der Waals surface area (Å²) in [5.41, 5.74) is 1.42. The van der Waals surface area contributed by atoms with Crippen LogP contribution in [0.3, 0.4) is 0 Å². The van der Waals surface area contributed by atoms with Crippen LogP contribution in [0.5, 0.6) is 5.75 Å². The number of alkyl halides is 3. The second kappa shape index (κ2) is 7.96. The van der Waals surface area contributed by atoms with Crippen LogP contribution in [-0.4, -0.2) is 39.2 Å². The summed E-state index contributed by atoms with van der Waals surface area (Å²) < 4.78 is 51.0. The molecule has 1 fully saturated rings. The predicted octanol–water partition coefficient (Wildman–Crippen LogP) is 5.03. The lowest BCUT2D eigenvalue weighted by Gasteiger charge is -2.30. The molecule has 0 aromatic heterocycles. The van der Waals surface area contributed by atoms with Crippen molar-refractivity contribution < 1.29 is 27.4 Å². The van der Waals surface area contributed by atoms with Crippen LogP contribution in [0.25, 0.3) is 6.08 Å². The molecule has 2 aromatic rings. The third kappa shape index (κ3) is 3.91. The smallest absolute Gasteiger partial charge is 0.416 e. The molecule has 0 amide bonds. The first-order chi connectivity index (χ1) is 14.3. The summed E-state index contributed by atoms with van der Waals surface area (Å²) in [7, 11) is 1.53. The number of halogens is 4. The van der Waals surface area contributed by atoms with Crippen molar-refractivity contribution in [1.82, 2.24) is 0 Å². The van der Waals surface area contributed by atoms with E-state index in [2.05, 4.69) is 4.90 Å². The number of rotatable bonds is 3. The Bertz CT molecular complexity index is 1030. The van der Waals surface area contributed by atoms with Gasteiger partial charge in [-0.3, -0.25) is 4.79 Å². The number of ether oxygens (including phenoxy) is 2. The Labute approximate surface area is 176 Å². The monoisotopic (exact) mass is 437 g/mol. The van der Waals surface area contributed by atoms with E-state index in [9.17, 15) is 18.0 Å². The van der Waals surface area contributed by atoms with Gasteiger partial charge in [-0.05, 0) is 47.5 Å². The van der Waals surface area contributed by atoms with Crippen LogP contribution in [-0.2, 0) is 17.3 Å². The quantitative estimate of drug-likeness (QED) is 0.632. The molecule has 1 heterocycles. The number of fused-ring (bicyclic) bond motifs is 1. The Morgan fingerprint density at radius 3 is 2.57 bits per heavy atom. The highest BCUT2D eigenvalue weighted by atomic mass is 35.5. The van der Waals surface area contributed by atoms with Crippen LogP contribution in [0.2, 0.25) is 5.02 Å². The van der Waals surface area contributed by atoms with Gasteiger partial charge in [-0.1, -0.05) is 11.6 Å². The Balaban J connectivity index is 1.73. The first-order valence-electron chi connectivity index (χ1n) is 9.43. The summed E-state index contributed by atoms with van der Waals surface area (Å²) in [6.07, 6.45) is -3.00. The average Bonchev–Trinajstić information content (AvgIpc) is 3.01. The number of methoxy groups -OCH3 is 1. The van der Waals surface area contributed by atoms with E-state index in [1.54, 1.807) is 6.07 Å². The Morgan fingerprint density at radius 2 is 1.90 bits per heavy atom. The molecule has 1 saturated heterocycles. The zero-order valence-corrected chi connectivity index (χ0v) is 16.9. The van der Waals surface area contributed by atoms with E-state index in [0.29, 0.717) is 43.2 Å². The summed E-state index contributed by atoms with van der Waals surface area (Å²) >= 11 is 5.91. The maximum absolute atomic E-state index is 13.4. The topological polar surface area (TPSA) is 38.8 Å². The maximum atomic E-state index is 13.4. The molecule has 0 bridgehead atoms. The van der Waals surface area contributed by atoms with Gasteiger partial charge < -0.3 is 14.4 Å². The highest BCUT2D eigenvalue weighted by molar-refractivity contribution is 6.30. The van der Waals surface area contributed by atoms with Crippen molar-refractivity contribution >= 4 is 29.1 Å². The zero-order chi connectivity index (χ0) is 21.5. The molecule has 8 heteroatoms. The third-order valence-electron chi connectivity index (χ3n) is 5.32. The molecule has 158 valence electrons. The van der Waals surface area contributed by atoms with E-state index in [1.165, 1.54) is 25.3 Å². The molecule has 1 aliphatic heterocycles. The fraction of sp³-hybridized carbons (Fsp3) is 0.318. The van der Waals surface area contributed by atoms with E-state index in [4.69, 9.17) is 21.1 Å². The first-order valence-corrected chi connectivity index (χ1v) is 9.81. The number of morpholine rings is 1. The van der Waals surface area contributed by atoms with Crippen molar-refractivity contribution in [3.63, 3.8) is 0 Å².